The molecule has 2 saturated carbocycles. The van der Waals surface area contributed by atoms with Gasteiger partial charge in [0.25, 0.3) is 0 Å². The number of hydrogen-bond donors (Lipinski definition) is 1. The molecule has 8 heteroatoms. The summed E-state index contributed by atoms with van der Waals surface area (Å²) >= 11 is 0. The van der Waals surface area contributed by atoms with Crippen molar-refractivity contribution in [2.24, 2.45) is 22.7 Å². The van der Waals surface area contributed by atoms with Crippen molar-refractivity contribution in [2.45, 2.75) is 95.7 Å². The lowest BCUT2D eigenvalue weighted by Crippen LogP contribution is -2.65. The van der Waals surface area contributed by atoms with Gasteiger partial charge in [0.2, 0.25) is 0 Å². The first-order valence-corrected chi connectivity index (χ1v) is 12.2. The molecule has 0 unspecified atom stereocenters. The number of epoxide rings is 2. The van der Waals surface area contributed by atoms with Crippen molar-refractivity contribution in [3.05, 3.63) is 12.2 Å². The fraction of sp³-hybridized carbons (Fsp3) is 0.880. The lowest BCUT2D eigenvalue weighted by atomic mass is 9.52. The Bertz CT molecular complexity index is 891. The van der Waals surface area contributed by atoms with Gasteiger partial charge in [-0.2, -0.15) is 0 Å². The number of carbonyl (C=O) groups excluding carboxylic acids is 1. The summed E-state index contributed by atoms with van der Waals surface area (Å²) in [6, 6.07) is 0. The standard InChI is InChI=1S/C25H36O8/c1-21(2)11-14(26)18(27)24(6)15(13-12-30-22(3,4)32-16(13)17-20(24)31-17)19-25(21,33-19)8-7-23(5)28-9-10-29-23/h7-8,13,15-20,27H,9-12H2,1-6H3/b8-7+/t13-,15+,16+,17+,18+,19+,20+,24+,25+/m0/s1. The van der Waals surface area contributed by atoms with Crippen LogP contribution in [0.3, 0.4) is 0 Å². The summed E-state index contributed by atoms with van der Waals surface area (Å²) in [6.07, 6.45) is 2.28. The molecule has 9 atom stereocenters. The molecule has 0 aromatic heterocycles. The molecule has 0 bridgehead atoms. The Morgan fingerprint density at radius 3 is 2.30 bits per heavy atom. The summed E-state index contributed by atoms with van der Waals surface area (Å²) < 4.78 is 36.7. The van der Waals surface area contributed by atoms with E-state index >= 15 is 0 Å². The van der Waals surface area contributed by atoms with E-state index in [1.54, 1.807) is 0 Å². The second-order valence-electron chi connectivity index (χ2n) is 12.2. The van der Waals surface area contributed by atoms with Crippen LogP contribution < -0.4 is 0 Å². The molecule has 0 aromatic carbocycles. The van der Waals surface area contributed by atoms with Gasteiger partial charge in [0, 0.05) is 29.1 Å². The van der Waals surface area contributed by atoms with Gasteiger partial charge in [-0.1, -0.05) is 20.8 Å². The summed E-state index contributed by atoms with van der Waals surface area (Å²) in [5.41, 5.74) is -2.00. The van der Waals surface area contributed by atoms with Crippen molar-refractivity contribution < 1.29 is 38.3 Å². The number of aliphatic hydroxyl groups excluding tert-OH is 1. The number of hydrogen-bond acceptors (Lipinski definition) is 8. The third-order valence-electron chi connectivity index (χ3n) is 9.18. The van der Waals surface area contributed by atoms with Crippen LogP contribution in [0.15, 0.2) is 12.2 Å². The molecule has 0 aromatic rings. The van der Waals surface area contributed by atoms with Crippen LogP contribution in [0.25, 0.3) is 0 Å². The van der Waals surface area contributed by atoms with Crippen LogP contribution >= 0.6 is 0 Å². The molecule has 1 N–H and O–H groups in total. The van der Waals surface area contributed by atoms with Crippen molar-refractivity contribution >= 4 is 5.78 Å². The number of Topliss-reactive ketones (excluding diaryl/α,β-unsaturated/α-hetero) is 1. The van der Waals surface area contributed by atoms with Crippen molar-refractivity contribution in [2.75, 3.05) is 19.8 Å². The molecule has 0 spiro atoms. The van der Waals surface area contributed by atoms with E-state index in [0.717, 1.165) is 0 Å². The Kier molecular flexibility index (Phi) is 4.56. The van der Waals surface area contributed by atoms with Crippen molar-refractivity contribution in [1.29, 1.82) is 0 Å². The third-order valence-corrected chi connectivity index (χ3v) is 9.18. The highest BCUT2D eigenvalue weighted by atomic mass is 16.7. The molecular weight excluding hydrogens is 428 g/mol. The minimum atomic E-state index is -1.13. The molecule has 6 fully saturated rings. The molecule has 6 rings (SSSR count). The van der Waals surface area contributed by atoms with E-state index in [2.05, 4.69) is 0 Å². The molecule has 6 aliphatic rings. The van der Waals surface area contributed by atoms with Gasteiger partial charge in [0.15, 0.2) is 17.4 Å². The van der Waals surface area contributed by atoms with Gasteiger partial charge >= 0.3 is 0 Å². The maximum absolute atomic E-state index is 13.4. The Morgan fingerprint density at radius 1 is 0.909 bits per heavy atom. The molecule has 0 radical (unpaired) electrons. The molecule has 4 heterocycles. The molecule has 8 nitrogen and oxygen atoms in total. The SMILES string of the molecule is CC1(C)OC[C@@H]2[C@@H](O1)[C@H]1O[C@H]1[C@]1(C)[C@H]2[C@H]2O[C@@]2(/C=C/C2(C)OCCO2)C(C)(C)CC(=O)[C@H]1O. The number of ether oxygens (including phenoxy) is 6. The van der Waals surface area contributed by atoms with Gasteiger partial charge in [0.05, 0.1) is 38.1 Å². The Hall–Kier alpha value is -0.870. The number of aliphatic hydroxyl groups is 1. The summed E-state index contributed by atoms with van der Waals surface area (Å²) in [4.78, 5) is 13.4. The zero-order valence-electron chi connectivity index (χ0n) is 20.3. The monoisotopic (exact) mass is 464 g/mol. The predicted octanol–water partition coefficient (Wildman–Crippen LogP) is 1.97. The quantitative estimate of drug-likeness (QED) is 0.489. The minimum absolute atomic E-state index is 0.0574. The van der Waals surface area contributed by atoms with Crippen LogP contribution in [0.5, 0.6) is 0 Å². The van der Waals surface area contributed by atoms with Crippen molar-refractivity contribution in [3.8, 4) is 0 Å². The van der Waals surface area contributed by atoms with Gasteiger partial charge < -0.3 is 33.5 Å². The Labute approximate surface area is 194 Å². The first kappa shape index (κ1) is 22.6. The van der Waals surface area contributed by atoms with Gasteiger partial charge in [-0.15, -0.1) is 0 Å². The zero-order chi connectivity index (χ0) is 23.6. The molecule has 4 saturated heterocycles. The van der Waals surface area contributed by atoms with Crippen LogP contribution in [0.1, 0.15) is 48.0 Å². The topological polar surface area (TPSA) is 99.3 Å². The lowest BCUT2D eigenvalue weighted by molar-refractivity contribution is -0.312. The minimum Gasteiger partial charge on any atom is -0.385 e. The van der Waals surface area contributed by atoms with Crippen LogP contribution in [0.2, 0.25) is 0 Å². The number of rotatable bonds is 2. The molecular formula is C25H36O8. The fourth-order valence-corrected chi connectivity index (χ4v) is 7.21. The largest absolute Gasteiger partial charge is 0.385 e. The van der Waals surface area contributed by atoms with Gasteiger partial charge in [-0.05, 0) is 32.9 Å². The van der Waals surface area contributed by atoms with Gasteiger partial charge in [0.1, 0.15) is 17.8 Å². The third kappa shape index (κ3) is 3.05. The molecule has 184 valence electrons. The first-order valence-electron chi connectivity index (χ1n) is 12.2. The van der Waals surface area contributed by atoms with E-state index < -0.39 is 34.1 Å². The second kappa shape index (κ2) is 6.66. The van der Waals surface area contributed by atoms with Crippen LogP contribution in [0, 0.1) is 22.7 Å². The Balaban J connectivity index is 1.43. The summed E-state index contributed by atoms with van der Waals surface area (Å²) in [5.74, 6) is -1.91. The van der Waals surface area contributed by atoms with Crippen LogP contribution in [0.4, 0.5) is 0 Å². The maximum Gasteiger partial charge on any atom is 0.185 e. The van der Waals surface area contributed by atoms with Crippen LogP contribution in [-0.4, -0.2) is 78.4 Å². The van der Waals surface area contributed by atoms with E-state index in [1.807, 2.05) is 53.7 Å². The van der Waals surface area contributed by atoms with E-state index in [4.69, 9.17) is 28.4 Å². The van der Waals surface area contributed by atoms with E-state index in [1.165, 1.54) is 0 Å². The molecule has 4 aliphatic heterocycles. The number of ketones is 1. The highest BCUT2D eigenvalue weighted by Gasteiger charge is 2.79. The van der Waals surface area contributed by atoms with E-state index in [0.29, 0.717) is 19.8 Å². The summed E-state index contributed by atoms with van der Waals surface area (Å²) in [6.45, 7) is 13.3. The van der Waals surface area contributed by atoms with Crippen LogP contribution in [-0.2, 0) is 33.2 Å². The maximum atomic E-state index is 13.4. The lowest BCUT2D eigenvalue weighted by Gasteiger charge is -2.53. The highest BCUT2D eigenvalue weighted by Crippen LogP contribution is 2.68. The average molecular weight is 465 g/mol. The smallest absolute Gasteiger partial charge is 0.185 e. The van der Waals surface area contributed by atoms with Gasteiger partial charge in [-0.3, -0.25) is 4.79 Å². The van der Waals surface area contributed by atoms with Crippen molar-refractivity contribution in [3.63, 3.8) is 0 Å². The van der Waals surface area contributed by atoms with Gasteiger partial charge in [-0.25, -0.2) is 0 Å². The Morgan fingerprint density at radius 2 is 1.61 bits per heavy atom. The second-order valence-corrected chi connectivity index (χ2v) is 12.2. The molecule has 2 aliphatic carbocycles. The highest BCUT2D eigenvalue weighted by molar-refractivity contribution is 5.85. The molecule has 33 heavy (non-hydrogen) atoms. The number of carbonyl (C=O) groups is 1. The van der Waals surface area contributed by atoms with Crippen molar-refractivity contribution in [1.82, 2.24) is 0 Å². The number of fused-ring (bicyclic) bond motifs is 8. The average Bonchev–Trinajstić information content (AvgIpc) is 3.63. The predicted molar refractivity (Wildman–Crippen MR) is 115 cm³/mol. The zero-order valence-corrected chi connectivity index (χ0v) is 20.3. The molecule has 0 amide bonds. The first-order chi connectivity index (χ1) is 15.3. The van der Waals surface area contributed by atoms with E-state index in [9.17, 15) is 9.90 Å². The summed E-state index contributed by atoms with van der Waals surface area (Å²) in [5, 5.41) is 11.4. The van der Waals surface area contributed by atoms with E-state index in [-0.39, 0.29) is 48.5 Å². The summed E-state index contributed by atoms with van der Waals surface area (Å²) in [7, 11) is 0. The normalized spacial score (nSPS) is 53.3. The fourth-order valence-electron chi connectivity index (χ4n) is 7.21.